The fraction of sp³-hybridized carbons (Fsp3) is 0. The van der Waals surface area contributed by atoms with Gasteiger partial charge in [0.1, 0.15) is 57.8 Å². The number of fused-ring (bicyclic) bond motifs is 2. The molecule has 8 rings (SSSR count). The molecule has 0 saturated heterocycles. The summed E-state index contributed by atoms with van der Waals surface area (Å²) in [6.45, 7) is 0. The van der Waals surface area contributed by atoms with Crippen LogP contribution in [0.5, 0.6) is 11.5 Å². The van der Waals surface area contributed by atoms with Crippen LogP contribution < -0.4 is 4.74 Å². The van der Waals surface area contributed by atoms with Crippen molar-refractivity contribution in [3.8, 4) is 56.5 Å². The van der Waals surface area contributed by atoms with Crippen molar-refractivity contribution in [1.29, 1.82) is 0 Å². The molecule has 204 valence electrons. The molecule has 0 fully saturated rings. The average molecular weight is 561 g/mol. The Labute approximate surface area is 244 Å². The van der Waals surface area contributed by atoms with Crippen LogP contribution in [0.3, 0.4) is 0 Å². The molecule has 4 aromatic heterocycles. The van der Waals surface area contributed by atoms with E-state index in [0.29, 0.717) is 45.3 Å². The van der Waals surface area contributed by atoms with E-state index in [1.807, 2.05) is 109 Å². The number of hydrogen-bond donors (Lipinski definition) is 0. The summed E-state index contributed by atoms with van der Waals surface area (Å²) in [7, 11) is 0. The Kier molecular flexibility index (Phi) is 5.89. The molecular weight excluding hydrogens is 540 g/mol. The molecule has 0 amide bonds. The van der Waals surface area contributed by atoms with Gasteiger partial charge in [0.05, 0.1) is 10.8 Å². The van der Waals surface area contributed by atoms with Crippen molar-refractivity contribution in [2.24, 2.45) is 0 Å². The van der Waals surface area contributed by atoms with Gasteiger partial charge in [-0.1, -0.05) is 71.0 Å². The van der Waals surface area contributed by atoms with Gasteiger partial charge in [0.25, 0.3) is 0 Å². The first-order chi connectivity index (χ1) is 21.3. The average Bonchev–Trinajstić information content (AvgIpc) is 3.77. The van der Waals surface area contributed by atoms with Crippen molar-refractivity contribution in [2.75, 3.05) is 0 Å². The van der Waals surface area contributed by atoms with E-state index in [2.05, 4.69) is 30.7 Å². The van der Waals surface area contributed by atoms with Crippen LogP contribution in [0.25, 0.3) is 66.8 Å². The molecule has 0 aliphatic rings. The molecule has 0 unspecified atom stereocenters. The summed E-state index contributed by atoms with van der Waals surface area (Å²) in [4.78, 5) is 0. The highest BCUT2D eigenvalue weighted by atomic mass is 16.5. The van der Waals surface area contributed by atoms with Crippen molar-refractivity contribution in [3.63, 3.8) is 0 Å². The largest absolute Gasteiger partial charge is 0.457 e. The molecule has 4 aromatic carbocycles. The minimum absolute atomic E-state index is 0.666. The third-order valence-electron chi connectivity index (χ3n) is 7.18. The van der Waals surface area contributed by atoms with Crippen LogP contribution in [-0.2, 0) is 0 Å². The molecular formula is C34H20N6O3. The van der Waals surface area contributed by atoms with Gasteiger partial charge < -0.3 is 13.8 Å². The van der Waals surface area contributed by atoms with E-state index in [-0.39, 0.29) is 0 Å². The highest BCUT2D eigenvalue weighted by Crippen LogP contribution is 2.35. The molecule has 0 saturated carbocycles. The van der Waals surface area contributed by atoms with E-state index < -0.39 is 0 Å². The van der Waals surface area contributed by atoms with E-state index in [1.54, 1.807) is 12.5 Å². The van der Waals surface area contributed by atoms with E-state index in [0.717, 1.165) is 33.0 Å². The van der Waals surface area contributed by atoms with E-state index in [9.17, 15) is 0 Å². The van der Waals surface area contributed by atoms with Gasteiger partial charge in [-0.3, -0.25) is 0 Å². The highest BCUT2D eigenvalue weighted by Gasteiger charge is 2.17. The molecule has 0 aliphatic carbocycles. The lowest BCUT2D eigenvalue weighted by molar-refractivity contribution is 0.428. The van der Waals surface area contributed by atoms with Gasteiger partial charge >= 0.3 is 0 Å². The first-order valence-electron chi connectivity index (χ1n) is 13.5. The second-order valence-electron chi connectivity index (χ2n) is 9.83. The Morgan fingerprint density at radius 1 is 0.395 bits per heavy atom. The molecule has 9 heteroatoms. The molecule has 0 atom stereocenters. The van der Waals surface area contributed by atoms with E-state index in [4.69, 9.17) is 13.8 Å². The predicted molar refractivity (Wildman–Crippen MR) is 161 cm³/mol. The molecule has 8 aromatic rings. The Morgan fingerprint density at radius 3 is 1.19 bits per heavy atom. The SMILES string of the molecule is c1ccc(-c2nnc(-c3ccc(Oc4ccc(-c5nnc(-c6ccccc6)c6nocc56)cc4)cc3)c3conc23)cc1. The number of rotatable bonds is 6. The molecule has 0 N–H and O–H groups in total. The maximum absolute atomic E-state index is 6.13. The van der Waals surface area contributed by atoms with E-state index in [1.165, 1.54) is 0 Å². The highest BCUT2D eigenvalue weighted by molar-refractivity contribution is 5.99. The normalized spacial score (nSPS) is 11.3. The zero-order valence-corrected chi connectivity index (χ0v) is 22.5. The second-order valence-corrected chi connectivity index (χ2v) is 9.83. The lowest BCUT2D eigenvalue weighted by Gasteiger charge is -2.09. The third-order valence-corrected chi connectivity index (χ3v) is 7.18. The summed E-state index contributed by atoms with van der Waals surface area (Å²) in [6.07, 6.45) is 3.20. The fourth-order valence-electron chi connectivity index (χ4n) is 5.06. The van der Waals surface area contributed by atoms with Gasteiger partial charge in [-0.05, 0) is 48.5 Å². The van der Waals surface area contributed by atoms with Gasteiger partial charge in [0.15, 0.2) is 0 Å². The van der Waals surface area contributed by atoms with Crippen LogP contribution in [0.4, 0.5) is 0 Å². The lowest BCUT2D eigenvalue weighted by atomic mass is 10.1. The second kappa shape index (κ2) is 10.3. The number of benzene rings is 4. The fourth-order valence-corrected chi connectivity index (χ4v) is 5.06. The van der Waals surface area contributed by atoms with Gasteiger partial charge in [-0.15, -0.1) is 20.4 Å². The van der Waals surface area contributed by atoms with Crippen molar-refractivity contribution in [1.82, 2.24) is 30.7 Å². The van der Waals surface area contributed by atoms with Crippen LogP contribution in [0.1, 0.15) is 0 Å². The number of nitrogens with zero attached hydrogens (tertiary/aromatic N) is 6. The first-order valence-corrected chi connectivity index (χ1v) is 13.5. The predicted octanol–water partition coefficient (Wildman–Crippen LogP) is 8.01. The molecule has 0 spiro atoms. The molecule has 0 bridgehead atoms. The van der Waals surface area contributed by atoms with Crippen LogP contribution in [0.15, 0.2) is 131 Å². The van der Waals surface area contributed by atoms with Gasteiger partial charge in [0, 0.05) is 22.3 Å². The van der Waals surface area contributed by atoms with Gasteiger partial charge in [-0.2, -0.15) is 0 Å². The standard InChI is InChI=1S/C34H20N6O3/c1-3-7-21(8-4-1)31-33-27(19-41-39-33)29(35-37-31)23-11-15-25(16-12-23)43-26-17-13-24(14-18-26)30-28-20-42-40-34(28)32(38-36-30)22-9-5-2-6-10-22/h1-20H. The van der Waals surface area contributed by atoms with Crippen molar-refractivity contribution < 1.29 is 13.8 Å². The third kappa shape index (κ3) is 4.45. The summed E-state index contributed by atoms with van der Waals surface area (Å²) in [5.41, 5.74) is 7.67. The molecule has 9 nitrogen and oxygen atoms in total. The van der Waals surface area contributed by atoms with Crippen LogP contribution in [0, 0.1) is 0 Å². The minimum Gasteiger partial charge on any atom is -0.457 e. The Morgan fingerprint density at radius 2 is 0.767 bits per heavy atom. The maximum Gasteiger partial charge on any atom is 0.144 e. The van der Waals surface area contributed by atoms with Crippen LogP contribution in [0.2, 0.25) is 0 Å². The van der Waals surface area contributed by atoms with E-state index >= 15 is 0 Å². The Balaban J connectivity index is 1.03. The maximum atomic E-state index is 6.13. The van der Waals surface area contributed by atoms with Crippen LogP contribution >= 0.6 is 0 Å². The molecule has 4 heterocycles. The Bertz CT molecular complexity index is 2040. The van der Waals surface area contributed by atoms with Crippen molar-refractivity contribution >= 4 is 21.8 Å². The lowest BCUT2D eigenvalue weighted by Crippen LogP contribution is -1.94. The topological polar surface area (TPSA) is 113 Å². The Hall–Kier alpha value is -6.22. The number of aromatic nitrogens is 6. The summed E-state index contributed by atoms with van der Waals surface area (Å²) in [5, 5.41) is 27.9. The zero-order valence-electron chi connectivity index (χ0n) is 22.5. The number of ether oxygens (including phenoxy) is 1. The zero-order chi connectivity index (χ0) is 28.6. The first kappa shape index (κ1) is 24.6. The molecule has 43 heavy (non-hydrogen) atoms. The number of hydrogen-bond acceptors (Lipinski definition) is 9. The van der Waals surface area contributed by atoms with Crippen molar-refractivity contribution in [3.05, 3.63) is 122 Å². The van der Waals surface area contributed by atoms with Crippen molar-refractivity contribution in [2.45, 2.75) is 0 Å². The van der Waals surface area contributed by atoms with Gasteiger partial charge in [-0.25, -0.2) is 0 Å². The summed E-state index contributed by atoms with van der Waals surface area (Å²) < 4.78 is 16.7. The summed E-state index contributed by atoms with van der Waals surface area (Å²) in [6, 6.07) is 35.0. The summed E-state index contributed by atoms with van der Waals surface area (Å²) >= 11 is 0. The van der Waals surface area contributed by atoms with Crippen LogP contribution in [-0.4, -0.2) is 30.7 Å². The quantitative estimate of drug-likeness (QED) is 0.199. The summed E-state index contributed by atoms with van der Waals surface area (Å²) in [5.74, 6) is 1.36. The molecule has 0 radical (unpaired) electrons. The minimum atomic E-state index is 0.666. The monoisotopic (exact) mass is 560 g/mol. The smallest absolute Gasteiger partial charge is 0.144 e. The van der Waals surface area contributed by atoms with Gasteiger partial charge in [0.2, 0.25) is 0 Å². The molecule has 0 aliphatic heterocycles.